The molecular formula is C24H22FN7O. The molecule has 1 aliphatic heterocycles. The first kappa shape index (κ1) is 19.8. The van der Waals surface area contributed by atoms with Gasteiger partial charge in [0.05, 0.1) is 11.4 Å². The van der Waals surface area contributed by atoms with Gasteiger partial charge in [0.1, 0.15) is 23.7 Å². The molecule has 166 valence electrons. The van der Waals surface area contributed by atoms with Crippen molar-refractivity contribution in [3.05, 3.63) is 66.2 Å². The Morgan fingerprint density at radius 1 is 1.15 bits per heavy atom. The molecule has 1 saturated carbocycles. The molecule has 9 heteroatoms. The average Bonchev–Trinajstić information content (AvgIpc) is 3.54. The van der Waals surface area contributed by atoms with E-state index < -0.39 is 11.7 Å². The van der Waals surface area contributed by atoms with Crippen molar-refractivity contribution in [1.29, 1.82) is 0 Å². The lowest BCUT2D eigenvalue weighted by molar-refractivity contribution is 0.102. The molecule has 1 aliphatic carbocycles. The summed E-state index contributed by atoms with van der Waals surface area (Å²) in [7, 11) is 0. The van der Waals surface area contributed by atoms with Crippen molar-refractivity contribution >= 4 is 28.4 Å². The van der Waals surface area contributed by atoms with Crippen molar-refractivity contribution in [2.24, 2.45) is 5.92 Å². The number of nitrogens with two attached hydrogens (primary N) is 1. The molecule has 8 nitrogen and oxygen atoms in total. The number of halogens is 1. The molecule has 2 bridgehead atoms. The van der Waals surface area contributed by atoms with E-state index >= 15 is 4.39 Å². The number of para-hydroxylation sites is 1. The lowest BCUT2D eigenvalue weighted by Crippen LogP contribution is -2.35. The number of carbonyl (C=O) groups excluding carboxylic acids is 1. The average molecular weight is 443 g/mol. The molecule has 2 fully saturated rings. The lowest BCUT2D eigenvalue weighted by Gasteiger charge is -2.23. The molecule has 2 aliphatic rings. The fourth-order valence-electron chi connectivity index (χ4n) is 5.08. The van der Waals surface area contributed by atoms with Crippen LogP contribution in [0.25, 0.3) is 22.3 Å². The summed E-state index contributed by atoms with van der Waals surface area (Å²) in [4.78, 5) is 21.1. The summed E-state index contributed by atoms with van der Waals surface area (Å²) in [5, 5.41) is 11.6. The van der Waals surface area contributed by atoms with Crippen LogP contribution in [0.5, 0.6) is 0 Å². The first-order valence-electron chi connectivity index (χ1n) is 11.0. The lowest BCUT2D eigenvalue weighted by atomic mass is 10.1. The molecule has 4 aromatic rings. The number of amides is 1. The molecular weight excluding hydrogens is 421 g/mol. The van der Waals surface area contributed by atoms with E-state index in [2.05, 4.69) is 20.6 Å². The van der Waals surface area contributed by atoms with Crippen LogP contribution in [0.15, 0.2) is 54.9 Å². The Kier molecular flexibility index (Phi) is 4.58. The zero-order valence-electron chi connectivity index (χ0n) is 17.7. The van der Waals surface area contributed by atoms with Gasteiger partial charge in [-0.15, -0.1) is 0 Å². The Labute approximate surface area is 189 Å². The van der Waals surface area contributed by atoms with Gasteiger partial charge in [0.15, 0.2) is 5.65 Å². The maximum absolute atomic E-state index is 15.3. The Balaban J connectivity index is 1.39. The number of anilines is 2. The van der Waals surface area contributed by atoms with E-state index in [1.54, 1.807) is 24.3 Å². The monoisotopic (exact) mass is 443 g/mol. The van der Waals surface area contributed by atoms with Gasteiger partial charge in [0, 0.05) is 22.9 Å². The summed E-state index contributed by atoms with van der Waals surface area (Å²) in [5.74, 6) is -0.0850. The van der Waals surface area contributed by atoms with E-state index in [9.17, 15) is 4.79 Å². The number of nitrogens with zero attached hydrogens (tertiary/aromatic N) is 4. The Bertz CT molecular complexity index is 1370. The Hall–Kier alpha value is -3.85. The number of piperidine rings is 1. The van der Waals surface area contributed by atoms with Crippen LogP contribution in [-0.2, 0) is 0 Å². The van der Waals surface area contributed by atoms with Crippen molar-refractivity contribution in [2.75, 3.05) is 17.6 Å². The molecule has 3 atom stereocenters. The third kappa shape index (κ3) is 3.32. The van der Waals surface area contributed by atoms with Gasteiger partial charge in [0.25, 0.3) is 5.91 Å². The highest BCUT2D eigenvalue weighted by Crippen LogP contribution is 2.42. The highest BCUT2D eigenvalue weighted by Gasteiger charge is 2.42. The zero-order valence-corrected chi connectivity index (χ0v) is 17.7. The van der Waals surface area contributed by atoms with Crippen LogP contribution in [0.2, 0.25) is 0 Å². The fourth-order valence-corrected chi connectivity index (χ4v) is 5.08. The van der Waals surface area contributed by atoms with Crippen molar-refractivity contribution < 1.29 is 9.18 Å². The van der Waals surface area contributed by atoms with Gasteiger partial charge >= 0.3 is 0 Å². The molecule has 3 unspecified atom stereocenters. The summed E-state index contributed by atoms with van der Waals surface area (Å²) in [6.07, 6.45) is 3.51. The van der Waals surface area contributed by atoms with E-state index in [0.29, 0.717) is 34.4 Å². The highest BCUT2D eigenvalue weighted by molar-refractivity contribution is 6.05. The second-order valence-corrected chi connectivity index (χ2v) is 8.68. The first-order chi connectivity index (χ1) is 16.1. The van der Waals surface area contributed by atoms with Crippen LogP contribution < -0.4 is 16.4 Å². The van der Waals surface area contributed by atoms with Gasteiger partial charge in [0.2, 0.25) is 0 Å². The molecule has 33 heavy (non-hydrogen) atoms. The smallest absolute Gasteiger partial charge is 0.255 e. The van der Waals surface area contributed by atoms with Gasteiger partial charge in [-0.05, 0) is 55.6 Å². The second kappa shape index (κ2) is 7.63. The quantitative estimate of drug-likeness (QED) is 0.446. The van der Waals surface area contributed by atoms with Crippen molar-refractivity contribution in [1.82, 2.24) is 25.1 Å². The number of benzene rings is 2. The van der Waals surface area contributed by atoms with Crippen molar-refractivity contribution in [3.63, 3.8) is 0 Å². The van der Waals surface area contributed by atoms with Gasteiger partial charge in [-0.2, -0.15) is 5.10 Å². The topological polar surface area (TPSA) is 111 Å². The minimum atomic E-state index is -0.559. The summed E-state index contributed by atoms with van der Waals surface area (Å²) in [6, 6.07) is 13.9. The zero-order chi connectivity index (χ0) is 22.5. The summed E-state index contributed by atoms with van der Waals surface area (Å²) in [6.45, 7) is 1.02. The fraction of sp³-hybridized carbons (Fsp3) is 0.250. The van der Waals surface area contributed by atoms with Crippen LogP contribution >= 0.6 is 0 Å². The van der Waals surface area contributed by atoms with Crippen LogP contribution in [0.1, 0.15) is 29.2 Å². The molecule has 1 saturated heterocycles. The largest absolute Gasteiger partial charge is 0.383 e. The third-order valence-corrected chi connectivity index (χ3v) is 6.65. The number of carbonyl (C=O) groups is 1. The standard InChI is InChI=1S/C24H22FN7O/c25-17-10-14(24(33)30-15-4-2-1-3-5-15)6-7-16(17)21-20-22(26)28-12-29-23(20)32(31-21)19-9-13-8-18(19)27-11-13/h1-7,10,12-13,18-19,27H,8-9,11H2,(H,30,33)(H2,26,28,29). The number of rotatable bonds is 4. The number of nitrogen functional groups attached to an aromatic ring is 1. The van der Waals surface area contributed by atoms with E-state index in [-0.39, 0.29) is 23.0 Å². The van der Waals surface area contributed by atoms with E-state index in [4.69, 9.17) is 10.8 Å². The van der Waals surface area contributed by atoms with Gasteiger partial charge in [-0.1, -0.05) is 18.2 Å². The minimum Gasteiger partial charge on any atom is -0.383 e. The number of aromatic nitrogens is 4. The van der Waals surface area contributed by atoms with E-state index in [1.807, 2.05) is 22.9 Å². The van der Waals surface area contributed by atoms with E-state index in [1.165, 1.54) is 12.4 Å². The van der Waals surface area contributed by atoms with Crippen LogP contribution in [0, 0.1) is 11.7 Å². The predicted molar refractivity (Wildman–Crippen MR) is 123 cm³/mol. The minimum absolute atomic E-state index is 0.133. The molecule has 6 rings (SSSR count). The van der Waals surface area contributed by atoms with Crippen LogP contribution in [0.4, 0.5) is 15.9 Å². The number of hydrogen-bond donors (Lipinski definition) is 3. The molecule has 0 radical (unpaired) electrons. The Morgan fingerprint density at radius 3 is 2.73 bits per heavy atom. The van der Waals surface area contributed by atoms with Crippen molar-refractivity contribution in [3.8, 4) is 11.3 Å². The third-order valence-electron chi connectivity index (χ3n) is 6.65. The second-order valence-electron chi connectivity index (χ2n) is 8.68. The first-order valence-corrected chi connectivity index (χ1v) is 11.0. The van der Waals surface area contributed by atoms with Crippen LogP contribution in [0.3, 0.4) is 0 Å². The normalized spacial score (nSPS) is 21.5. The number of nitrogens with one attached hydrogen (secondary N) is 2. The van der Waals surface area contributed by atoms with E-state index in [0.717, 1.165) is 19.4 Å². The maximum atomic E-state index is 15.3. The predicted octanol–water partition coefficient (Wildman–Crippen LogP) is 3.39. The number of hydrogen-bond acceptors (Lipinski definition) is 6. The van der Waals surface area contributed by atoms with Gasteiger partial charge in [-0.3, -0.25) is 4.79 Å². The molecule has 1 amide bonds. The molecule has 2 aromatic carbocycles. The van der Waals surface area contributed by atoms with Gasteiger partial charge < -0.3 is 16.4 Å². The molecule has 2 aromatic heterocycles. The molecule has 4 N–H and O–H groups in total. The number of fused-ring (bicyclic) bond motifs is 3. The van der Waals surface area contributed by atoms with Crippen molar-refractivity contribution in [2.45, 2.75) is 24.9 Å². The molecule has 0 spiro atoms. The summed E-state index contributed by atoms with van der Waals surface area (Å²) >= 11 is 0. The van der Waals surface area contributed by atoms with Gasteiger partial charge in [-0.25, -0.2) is 19.0 Å². The highest BCUT2D eigenvalue weighted by atomic mass is 19.1. The molecule has 3 heterocycles. The SMILES string of the molecule is Nc1ncnc2c1c(-c1ccc(C(=O)Nc3ccccc3)cc1F)nn2C1CC2CNC1C2. The summed E-state index contributed by atoms with van der Waals surface area (Å²) < 4.78 is 17.2. The summed E-state index contributed by atoms with van der Waals surface area (Å²) in [5.41, 5.74) is 8.29. The van der Waals surface area contributed by atoms with Crippen LogP contribution in [-0.4, -0.2) is 38.2 Å². The maximum Gasteiger partial charge on any atom is 0.255 e. The Morgan fingerprint density at radius 2 is 2.00 bits per heavy atom.